The standard InChI is InChI=1S/C14H15N3O4S/c22-14-17(8-16-3-5-18-6-4-16)15-13(21-14)10-1-2-11-12(7-10)20-9-19-11/h1-2,7H,3-6,8-9H2. The van der Waals surface area contributed by atoms with Gasteiger partial charge in [0.15, 0.2) is 11.5 Å². The Hall–Kier alpha value is -1.90. The van der Waals surface area contributed by atoms with Crippen LogP contribution in [0.15, 0.2) is 22.6 Å². The van der Waals surface area contributed by atoms with E-state index in [1.807, 2.05) is 18.2 Å². The van der Waals surface area contributed by atoms with Crippen LogP contribution in [0.4, 0.5) is 0 Å². The van der Waals surface area contributed by atoms with Gasteiger partial charge in [0.2, 0.25) is 12.7 Å². The topological polar surface area (TPSA) is 61.9 Å². The maximum atomic E-state index is 5.61. The average molecular weight is 321 g/mol. The lowest BCUT2D eigenvalue weighted by molar-refractivity contribution is 0.0206. The molecule has 0 amide bonds. The van der Waals surface area contributed by atoms with Crippen LogP contribution in [0, 0.1) is 4.84 Å². The van der Waals surface area contributed by atoms with E-state index in [2.05, 4.69) is 10.00 Å². The van der Waals surface area contributed by atoms with E-state index >= 15 is 0 Å². The first kappa shape index (κ1) is 13.7. The van der Waals surface area contributed by atoms with E-state index in [4.69, 9.17) is 30.8 Å². The quantitative estimate of drug-likeness (QED) is 0.800. The highest BCUT2D eigenvalue weighted by Crippen LogP contribution is 2.35. The van der Waals surface area contributed by atoms with Gasteiger partial charge < -0.3 is 18.6 Å². The summed E-state index contributed by atoms with van der Waals surface area (Å²) in [6.45, 7) is 4.06. The molecule has 0 aliphatic carbocycles. The molecule has 7 nitrogen and oxygen atoms in total. The third kappa shape index (κ3) is 2.60. The minimum atomic E-state index is 0.244. The Morgan fingerprint density at radius 1 is 1.14 bits per heavy atom. The molecule has 0 atom stereocenters. The lowest BCUT2D eigenvalue weighted by atomic mass is 10.2. The zero-order valence-corrected chi connectivity index (χ0v) is 12.7. The third-order valence-electron chi connectivity index (χ3n) is 3.66. The summed E-state index contributed by atoms with van der Waals surface area (Å²) in [5.74, 6) is 1.91. The molecule has 3 heterocycles. The molecular formula is C14H15N3O4S. The molecule has 2 aliphatic rings. The summed E-state index contributed by atoms with van der Waals surface area (Å²) in [7, 11) is 0. The first-order chi connectivity index (χ1) is 10.8. The Morgan fingerprint density at radius 3 is 2.82 bits per heavy atom. The fourth-order valence-corrected chi connectivity index (χ4v) is 2.65. The second-order valence-electron chi connectivity index (χ2n) is 5.11. The van der Waals surface area contributed by atoms with E-state index in [1.54, 1.807) is 4.68 Å². The first-order valence-electron chi connectivity index (χ1n) is 7.08. The zero-order valence-electron chi connectivity index (χ0n) is 11.9. The van der Waals surface area contributed by atoms with Crippen LogP contribution in [0.1, 0.15) is 0 Å². The predicted molar refractivity (Wildman–Crippen MR) is 79.3 cm³/mol. The van der Waals surface area contributed by atoms with E-state index in [9.17, 15) is 0 Å². The zero-order chi connectivity index (χ0) is 14.9. The van der Waals surface area contributed by atoms with Gasteiger partial charge in [0.1, 0.15) is 0 Å². The van der Waals surface area contributed by atoms with Crippen molar-refractivity contribution in [2.75, 3.05) is 33.1 Å². The number of fused-ring (bicyclic) bond motifs is 1. The predicted octanol–water partition coefficient (Wildman–Crippen LogP) is 1.89. The Labute approximate surface area is 132 Å². The molecule has 22 heavy (non-hydrogen) atoms. The van der Waals surface area contributed by atoms with Gasteiger partial charge in [-0.3, -0.25) is 4.90 Å². The van der Waals surface area contributed by atoms with Gasteiger partial charge in [0.25, 0.3) is 4.84 Å². The van der Waals surface area contributed by atoms with Gasteiger partial charge in [-0.05, 0) is 30.4 Å². The molecule has 0 unspecified atom stereocenters. The molecule has 2 aliphatic heterocycles. The fraction of sp³-hybridized carbons (Fsp3) is 0.429. The van der Waals surface area contributed by atoms with Crippen molar-refractivity contribution in [2.24, 2.45) is 0 Å². The number of aromatic nitrogens is 2. The van der Waals surface area contributed by atoms with Crippen LogP contribution in [-0.4, -0.2) is 47.8 Å². The molecule has 1 aromatic heterocycles. The van der Waals surface area contributed by atoms with Gasteiger partial charge in [-0.1, -0.05) is 0 Å². The van der Waals surface area contributed by atoms with Gasteiger partial charge in [-0.15, -0.1) is 5.10 Å². The number of morpholine rings is 1. The summed E-state index contributed by atoms with van der Waals surface area (Å²) in [4.78, 5) is 2.59. The molecule has 0 saturated carbocycles. The highest BCUT2D eigenvalue weighted by molar-refractivity contribution is 7.71. The molecule has 0 bridgehead atoms. The SMILES string of the molecule is S=c1oc(-c2ccc3c(c2)OCO3)nn1CN1CCOCC1. The molecular weight excluding hydrogens is 306 g/mol. The van der Waals surface area contributed by atoms with E-state index in [0.717, 1.165) is 37.6 Å². The molecule has 0 radical (unpaired) electrons. The number of benzene rings is 1. The van der Waals surface area contributed by atoms with Crippen LogP contribution in [-0.2, 0) is 11.4 Å². The van der Waals surface area contributed by atoms with Gasteiger partial charge in [0, 0.05) is 18.7 Å². The summed E-state index contributed by atoms with van der Waals surface area (Å²) < 4.78 is 23.3. The molecule has 8 heteroatoms. The smallest absolute Gasteiger partial charge is 0.288 e. The van der Waals surface area contributed by atoms with Crippen LogP contribution in [0.3, 0.4) is 0 Å². The first-order valence-corrected chi connectivity index (χ1v) is 7.48. The largest absolute Gasteiger partial charge is 0.454 e. The number of hydrogen-bond donors (Lipinski definition) is 0. The lowest BCUT2D eigenvalue weighted by Gasteiger charge is -2.25. The Kier molecular flexibility index (Phi) is 3.57. The summed E-state index contributed by atoms with van der Waals surface area (Å²) in [6.07, 6.45) is 0. The minimum absolute atomic E-state index is 0.244. The maximum absolute atomic E-state index is 5.61. The van der Waals surface area contributed by atoms with Crippen LogP contribution in [0.2, 0.25) is 0 Å². The van der Waals surface area contributed by atoms with Crippen molar-refractivity contribution in [3.63, 3.8) is 0 Å². The molecule has 2 aromatic rings. The van der Waals surface area contributed by atoms with Gasteiger partial charge in [-0.2, -0.15) is 0 Å². The maximum Gasteiger partial charge on any atom is 0.288 e. The highest BCUT2D eigenvalue weighted by Gasteiger charge is 2.18. The summed E-state index contributed by atoms with van der Waals surface area (Å²) in [5, 5.41) is 4.47. The van der Waals surface area contributed by atoms with Crippen LogP contribution < -0.4 is 9.47 Å². The fourth-order valence-electron chi connectivity index (χ4n) is 2.47. The number of rotatable bonds is 3. The monoisotopic (exact) mass is 321 g/mol. The third-order valence-corrected chi connectivity index (χ3v) is 3.96. The van der Waals surface area contributed by atoms with Crippen molar-refractivity contribution >= 4 is 12.2 Å². The number of nitrogens with zero attached hydrogens (tertiary/aromatic N) is 3. The van der Waals surface area contributed by atoms with Crippen LogP contribution in [0.5, 0.6) is 11.5 Å². The number of ether oxygens (including phenoxy) is 3. The van der Waals surface area contributed by atoms with Crippen molar-refractivity contribution in [3.8, 4) is 23.0 Å². The Morgan fingerprint density at radius 2 is 1.95 bits per heavy atom. The molecule has 1 saturated heterocycles. The Bertz CT molecular complexity index is 736. The second kappa shape index (κ2) is 5.71. The van der Waals surface area contributed by atoms with Crippen molar-refractivity contribution in [3.05, 3.63) is 23.0 Å². The molecule has 116 valence electrons. The molecule has 0 N–H and O–H groups in total. The van der Waals surface area contributed by atoms with Crippen molar-refractivity contribution in [1.82, 2.24) is 14.7 Å². The molecule has 0 spiro atoms. The highest BCUT2D eigenvalue weighted by atomic mass is 32.1. The van der Waals surface area contributed by atoms with E-state index in [-0.39, 0.29) is 6.79 Å². The minimum Gasteiger partial charge on any atom is -0.454 e. The molecule has 4 rings (SSSR count). The lowest BCUT2D eigenvalue weighted by Crippen LogP contribution is -2.37. The van der Waals surface area contributed by atoms with E-state index < -0.39 is 0 Å². The van der Waals surface area contributed by atoms with Crippen LogP contribution in [0.25, 0.3) is 11.5 Å². The van der Waals surface area contributed by atoms with Gasteiger partial charge in [0.05, 0.1) is 19.9 Å². The van der Waals surface area contributed by atoms with Crippen molar-refractivity contribution in [1.29, 1.82) is 0 Å². The van der Waals surface area contributed by atoms with E-state index in [0.29, 0.717) is 23.1 Å². The summed E-state index contributed by atoms with van der Waals surface area (Å²) >= 11 is 5.26. The molecule has 1 fully saturated rings. The second-order valence-corrected chi connectivity index (χ2v) is 5.46. The normalized spacial score (nSPS) is 17.8. The summed E-state index contributed by atoms with van der Waals surface area (Å²) in [6, 6.07) is 5.58. The van der Waals surface area contributed by atoms with E-state index in [1.165, 1.54) is 0 Å². The van der Waals surface area contributed by atoms with Gasteiger partial charge in [-0.25, -0.2) is 4.68 Å². The van der Waals surface area contributed by atoms with Gasteiger partial charge >= 0.3 is 0 Å². The van der Waals surface area contributed by atoms with Crippen LogP contribution >= 0.6 is 12.2 Å². The summed E-state index contributed by atoms with van der Waals surface area (Å²) in [5.41, 5.74) is 0.816. The average Bonchev–Trinajstić information content (AvgIpc) is 3.15. The molecule has 1 aromatic carbocycles. The number of hydrogen-bond acceptors (Lipinski definition) is 7. The Balaban J connectivity index is 1.58. The van der Waals surface area contributed by atoms with Crippen molar-refractivity contribution in [2.45, 2.75) is 6.67 Å². The van der Waals surface area contributed by atoms with Crippen molar-refractivity contribution < 1.29 is 18.6 Å².